The van der Waals surface area contributed by atoms with Gasteiger partial charge >= 0.3 is 0 Å². The molecule has 0 spiro atoms. The topological polar surface area (TPSA) is 29.9 Å². The van der Waals surface area contributed by atoms with Gasteiger partial charge < -0.3 is 14.3 Å². The Labute approximate surface area is 130 Å². The van der Waals surface area contributed by atoms with E-state index < -0.39 is 0 Å². The molecule has 0 saturated carbocycles. The number of hydrogen-bond acceptors (Lipinski definition) is 2. The Kier molecular flexibility index (Phi) is 5.39. The summed E-state index contributed by atoms with van der Waals surface area (Å²) < 4.78 is 21.6. The molecule has 0 aliphatic carbocycles. The van der Waals surface area contributed by atoms with Crippen LogP contribution >= 0.6 is 12.2 Å². The molecule has 2 aromatic rings. The fourth-order valence-electron chi connectivity index (χ4n) is 2.67. The Morgan fingerprint density at radius 1 is 1.38 bits per heavy atom. The summed E-state index contributed by atoms with van der Waals surface area (Å²) in [6.45, 7) is 5.28. The van der Waals surface area contributed by atoms with Gasteiger partial charge in [0.1, 0.15) is 0 Å². The van der Waals surface area contributed by atoms with Crippen molar-refractivity contribution in [3.05, 3.63) is 22.7 Å². The molecular weight excluding hydrogens is 287 g/mol. The molecule has 3 nitrogen and oxygen atoms in total. The van der Waals surface area contributed by atoms with Crippen molar-refractivity contribution in [2.75, 3.05) is 7.11 Å². The number of imidazole rings is 1. The van der Waals surface area contributed by atoms with Gasteiger partial charge in [0.15, 0.2) is 16.3 Å². The number of fused-ring (bicyclic) bond motifs is 1. The van der Waals surface area contributed by atoms with Crippen LogP contribution in [-0.2, 0) is 6.54 Å². The Bertz CT molecular complexity index is 662. The molecule has 1 N–H and O–H groups in total. The quantitative estimate of drug-likeness (QED) is 0.724. The number of H-pyrrole nitrogens is 1. The first-order valence-electron chi connectivity index (χ1n) is 7.56. The lowest BCUT2D eigenvalue weighted by molar-refractivity contribution is 0.384. The number of methoxy groups -OCH3 is 1. The summed E-state index contributed by atoms with van der Waals surface area (Å²) in [6, 6.07) is 3.18. The van der Waals surface area contributed by atoms with Gasteiger partial charge in [0.2, 0.25) is 0 Å². The molecule has 0 amide bonds. The van der Waals surface area contributed by atoms with Crippen molar-refractivity contribution in [3.8, 4) is 5.75 Å². The molecule has 5 heteroatoms. The van der Waals surface area contributed by atoms with Crippen LogP contribution in [0.1, 0.15) is 39.5 Å². The molecule has 0 saturated heterocycles. The number of unbranched alkanes of at least 4 members (excludes halogenated alkanes) is 1. The van der Waals surface area contributed by atoms with Crippen LogP contribution in [0.15, 0.2) is 12.1 Å². The summed E-state index contributed by atoms with van der Waals surface area (Å²) in [6.07, 6.45) is 4.74. The fraction of sp³-hybridized carbons (Fsp3) is 0.562. The molecule has 1 aromatic carbocycles. The van der Waals surface area contributed by atoms with Crippen LogP contribution in [0, 0.1) is 16.5 Å². The fourth-order valence-corrected chi connectivity index (χ4v) is 2.95. The molecule has 1 aromatic heterocycles. The van der Waals surface area contributed by atoms with Crippen LogP contribution in [0.2, 0.25) is 0 Å². The highest BCUT2D eigenvalue weighted by atomic mass is 32.1. The van der Waals surface area contributed by atoms with E-state index in [1.807, 2.05) is 0 Å². The molecule has 1 heterocycles. The summed E-state index contributed by atoms with van der Waals surface area (Å²) in [4.78, 5) is 3.09. The second-order valence-corrected chi connectivity index (χ2v) is 5.85. The predicted octanol–water partition coefficient (Wildman–Crippen LogP) is 5.06. The van der Waals surface area contributed by atoms with E-state index in [4.69, 9.17) is 17.0 Å². The largest absolute Gasteiger partial charge is 0.494 e. The second-order valence-electron chi connectivity index (χ2n) is 5.46. The number of ether oxygens (including phenoxy) is 1. The van der Waals surface area contributed by atoms with E-state index in [-0.39, 0.29) is 11.6 Å². The SMILES string of the molecule is CCCCC(CC)Cn1c(=S)[nH]c2cc(F)c(OC)cc21. The molecule has 0 aliphatic rings. The van der Waals surface area contributed by atoms with Gasteiger partial charge in [0, 0.05) is 18.7 Å². The van der Waals surface area contributed by atoms with Crippen LogP contribution < -0.4 is 4.74 Å². The highest BCUT2D eigenvalue weighted by Crippen LogP contribution is 2.26. The summed E-state index contributed by atoms with van der Waals surface area (Å²) in [7, 11) is 1.48. The van der Waals surface area contributed by atoms with Gasteiger partial charge in [-0.15, -0.1) is 0 Å². The van der Waals surface area contributed by atoms with Crippen LogP contribution in [0.5, 0.6) is 5.75 Å². The molecule has 1 unspecified atom stereocenters. The molecule has 21 heavy (non-hydrogen) atoms. The minimum Gasteiger partial charge on any atom is -0.494 e. The molecular formula is C16H23FN2OS. The summed E-state index contributed by atoms with van der Waals surface area (Å²) in [5.41, 5.74) is 1.64. The van der Waals surface area contributed by atoms with E-state index in [1.165, 1.54) is 32.4 Å². The number of nitrogens with one attached hydrogen (secondary N) is 1. The normalized spacial score (nSPS) is 12.8. The van der Waals surface area contributed by atoms with Crippen LogP contribution in [0.4, 0.5) is 4.39 Å². The predicted molar refractivity (Wildman–Crippen MR) is 86.9 cm³/mol. The molecule has 0 aliphatic heterocycles. The van der Waals surface area contributed by atoms with E-state index in [9.17, 15) is 4.39 Å². The molecule has 1 atom stereocenters. The monoisotopic (exact) mass is 310 g/mol. The van der Waals surface area contributed by atoms with Crippen molar-refractivity contribution in [2.24, 2.45) is 5.92 Å². The molecule has 0 radical (unpaired) electrons. The third-order valence-electron chi connectivity index (χ3n) is 4.03. The van der Waals surface area contributed by atoms with Crippen molar-refractivity contribution in [3.63, 3.8) is 0 Å². The summed E-state index contributed by atoms with van der Waals surface area (Å²) >= 11 is 5.40. The van der Waals surface area contributed by atoms with Gasteiger partial charge in [-0.05, 0) is 24.6 Å². The maximum atomic E-state index is 13.8. The van der Waals surface area contributed by atoms with Crippen molar-refractivity contribution in [1.82, 2.24) is 9.55 Å². The van der Waals surface area contributed by atoms with E-state index >= 15 is 0 Å². The lowest BCUT2D eigenvalue weighted by Crippen LogP contribution is -2.10. The Hall–Kier alpha value is -1.36. The third-order valence-corrected chi connectivity index (χ3v) is 4.35. The minimum atomic E-state index is -0.369. The van der Waals surface area contributed by atoms with Gasteiger partial charge in [-0.1, -0.05) is 33.1 Å². The smallest absolute Gasteiger partial charge is 0.178 e. The Balaban J connectivity index is 2.38. The van der Waals surface area contributed by atoms with E-state index in [2.05, 4.69) is 23.4 Å². The third kappa shape index (κ3) is 3.46. The Morgan fingerprint density at radius 3 is 2.76 bits per heavy atom. The number of benzene rings is 1. The van der Waals surface area contributed by atoms with E-state index in [0.717, 1.165) is 24.0 Å². The zero-order valence-corrected chi connectivity index (χ0v) is 13.7. The molecule has 2 rings (SSSR count). The van der Waals surface area contributed by atoms with Gasteiger partial charge in [-0.3, -0.25) is 0 Å². The first-order valence-corrected chi connectivity index (χ1v) is 7.97. The van der Waals surface area contributed by atoms with Gasteiger partial charge in [0.05, 0.1) is 18.1 Å². The maximum Gasteiger partial charge on any atom is 0.178 e. The first-order chi connectivity index (χ1) is 10.1. The van der Waals surface area contributed by atoms with Crippen molar-refractivity contribution < 1.29 is 9.13 Å². The van der Waals surface area contributed by atoms with Crippen molar-refractivity contribution in [1.29, 1.82) is 0 Å². The van der Waals surface area contributed by atoms with Crippen LogP contribution in [0.3, 0.4) is 0 Å². The minimum absolute atomic E-state index is 0.256. The summed E-state index contributed by atoms with van der Waals surface area (Å²) in [5, 5.41) is 0. The van der Waals surface area contributed by atoms with E-state index in [1.54, 1.807) is 6.07 Å². The van der Waals surface area contributed by atoms with Crippen LogP contribution in [-0.4, -0.2) is 16.7 Å². The number of aromatic amines is 1. The molecule has 0 bridgehead atoms. The first kappa shape index (κ1) is 16.0. The van der Waals surface area contributed by atoms with Crippen molar-refractivity contribution in [2.45, 2.75) is 46.1 Å². The number of halogens is 1. The molecule has 116 valence electrons. The standard InChI is InChI=1S/C16H23FN2OS/c1-4-6-7-11(5-2)10-19-14-9-15(20-3)12(17)8-13(14)18-16(19)21/h8-9,11H,4-7,10H2,1-3H3,(H,18,21). The number of hydrogen-bond donors (Lipinski definition) is 1. The Morgan fingerprint density at radius 2 is 2.14 bits per heavy atom. The average Bonchev–Trinajstić information content (AvgIpc) is 2.77. The maximum absolute atomic E-state index is 13.8. The lowest BCUT2D eigenvalue weighted by Gasteiger charge is -2.16. The van der Waals surface area contributed by atoms with Gasteiger partial charge in [0.25, 0.3) is 0 Å². The van der Waals surface area contributed by atoms with Crippen molar-refractivity contribution >= 4 is 23.3 Å². The zero-order chi connectivity index (χ0) is 15.4. The zero-order valence-electron chi connectivity index (χ0n) is 12.9. The highest BCUT2D eigenvalue weighted by Gasteiger charge is 2.14. The summed E-state index contributed by atoms with van der Waals surface area (Å²) in [5.74, 6) is 0.477. The van der Waals surface area contributed by atoms with Gasteiger partial charge in [-0.25, -0.2) is 4.39 Å². The average molecular weight is 310 g/mol. The number of rotatable bonds is 7. The second kappa shape index (κ2) is 7.07. The van der Waals surface area contributed by atoms with Gasteiger partial charge in [-0.2, -0.15) is 0 Å². The van der Waals surface area contributed by atoms with Crippen LogP contribution in [0.25, 0.3) is 11.0 Å². The number of nitrogens with zero attached hydrogens (tertiary/aromatic N) is 1. The lowest BCUT2D eigenvalue weighted by atomic mass is 9.99. The number of aromatic nitrogens is 2. The van der Waals surface area contributed by atoms with E-state index in [0.29, 0.717) is 10.7 Å². The molecule has 0 fully saturated rings. The highest BCUT2D eigenvalue weighted by molar-refractivity contribution is 7.71.